The van der Waals surface area contributed by atoms with Crippen LogP contribution in [0.15, 0.2) is 96.5 Å². The lowest BCUT2D eigenvalue weighted by molar-refractivity contribution is -0.144. The van der Waals surface area contributed by atoms with Gasteiger partial charge in [-0.2, -0.15) is 18.4 Å². The van der Waals surface area contributed by atoms with E-state index in [0.29, 0.717) is 44.0 Å². The number of rotatable bonds is 15. The van der Waals surface area contributed by atoms with Gasteiger partial charge in [0, 0.05) is 18.8 Å². The number of hydrogen-bond acceptors (Lipinski definition) is 10. The van der Waals surface area contributed by atoms with Gasteiger partial charge in [-0.15, -0.1) is 11.3 Å². The Kier molecular flexibility index (Phi) is 14.9. The van der Waals surface area contributed by atoms with Crippen LogP contribution in [0.5, 0.6) is 5.75 Å². The number of nitrogens with one attached hydrogen (secondary N) is 2. The van der Waals surface area contributed by atoms with Crippen LogP contribution >= 0.6 is 23.6 Å². The fourth-order valence-corrected chi connectivity index (χ4v) is 10.7. The Bertz CT molecular complexity index is 2890. The largest absolute Gasteiger partial charge is 0.490 e. The van der Waals surface area contributed by atoms with Gasteiger partial charge in [0.2, 0.25) is 17.7 Å². The molecule has 3 heterocycles. The molecular formula is C54H56F3N7O6S2. The average Bonchev–Trinajstić information content (AvgIpc) is 4.05. The van der Waals surface area contributed by atoms with Crippen LogP contribution in [0.1, 0.15) is 82.7 Å². The molecule has 3 aliphatic rings. The number of carbonyl (C=O) groups is 4. The number of alkyl halides is 3. The van der Waals surface area contributed by atoms with Gasteiger partial charge in [-0.25, -0.2) is 4.98 Å². The summed E-state index contributed by atoms with van der Waals surface area (Å²) in [6.07, 6.45) is -2.11. The maximum Gasteiger partial charge on any atom is 0.417 e. The molecule has 8 rings (SSSR count). The first-order chi connectivity index (χ1) is 34.1. The molecule has 1 saturated carbocycles. The molecule has 1 unspecified atom stereocenters. The van der Waals surface area contributed by atoms with Crippen molar-refractivity contribution in [2.75, 3.05) is 29.6 Å². The van der Waals surface area contributed by atoms with Crippen molar-refractivity contribution in [1.82, 2.24) is 20.5 Å². The van der Waals surface area contributed by atoms with Crippen LogP contribution in [0, 0.1) is 29.6 Å². The Labute approximate surface area is 426 Å². The molecule has 13 nitrogen and oxygen atoms in total. The van der Waals surface area contributed by atoms with E-state index >= 15 is 0 Å². The third-order valence-electron chi connectivity index (χ3n) is 13.4. The second-order valence-electron chi connectivity index (χ2n) is 20.1. The summed E-state index contributed by atoms with van der Waals surface area (Å²) in [7, 11) is 0. The third-order valence-corrected chi connectivity index (χ3v) is 14.8. The first-order valence-corrected chi connectivity index (χ1v) is 25.0. The molecule has 376 valence electrons. The SMILES string of the molecule is Cc1ncsc1-c1ccc(CNC(=O)[C@@H]2CCCN2C(=O)C(NC(=O)COC[C@H]2C[C@H](Oc3ccc(-c4ccc(N5C(=S)N(c6ccc(C#N)c(C(F)(F)F)c6)C(=O)C5(C)C)cc4)cc3)C2)C(C)(C)C)cc1. The highest BCUT2D eigenvalue weighted by Crippen LogP contribution is 2.41. The monoisotopic (exact) mass is 1020 g/mol. The fraction of sp³-hybridized carbons (Fsp3) is 0.389. The Morgan fingerprint density at radius 2 is 1.58 bits per heavy atom. The van der Waals surface area contributed by atoms with Crippen molar-refractivity contribution in [3.63, 3.8) is 0 Å². The number of aryl methyl sites for hydroxylation is 1. The van der Waals surface area contributed by atoms with E-state index in [2.05, 4.69) is 15.6 Å². The minimum atomic E-state index is -4.80. The molecule has 0 bridgehead atoms. The number of anilines is 2. The Hall–Kier alpha value is -6.68. The quantitative estimate of drug-likeness (QED) is 0.0969. The number of likely N-dealkylation sites (tertiary alicyclic amines) is 1. The van der Waals surface area contributed by atoms with Gasteiger partial charge in [-0.1, -0.05) is 69.3 Å². The number of hydrogen-bond donors (Lipinski definition) is 2. The minimum Gasteiger partial charge on any atom is -0.490 e. The summed E-state index contributed by atoms with van der Waals surface area (Å²) < 4.78 is 53.4. The van der Waals surface area contributed by atoms with Crippen molar-refractivity contribution in [2.24, 2.45) is 11.3 Å². The Morgan fingerprint density at radius 3 is 2.19 bits per heavy atom. The van der Waals surface area contributed by atoms with Crippen molar-refractivity contribution in [1.29, 1.82) is 5.26 Å². The third kappa shape index (κ3) is 11.0. The predicted octanol–water partition coefficient (Wildman–Crippen LogP) is 9.60. The molecule has 0 spiro atoms. The molecule has 2 aliphatic heterocycles. The number of ether oxygens (including phenoxy) is 2. The zero-order valence-electron chi connectivity index (χ0n) is 40.8. The smallest absolute Gasteiger partial charge is 0.417 e. The number of carbonyl (C=O) groups excluding carboxylic acids is 4. The molecule has 2 atom stereocenters. The standard InChI is InChI=1S/C54H56F3N7O6S2/c1-32-46(72-31-60-32)37-11-9-33(10-12-37)28-59-48(66)44-8-7-23-62(44)49(67)47(52(2,3)4)61-45(65)30-69-29-34-24-42(25-34)70-41-21-16-36(17-22-41)35-13-18-39(19-14-35)64-51(71)63(50(68)53(64,5)6)40-20-15-38(27-58)43(26-40)54(55,56)57/h9-22,26,31,34,42,44,47H,7-8,23-25,28-30H2,1-6H3,(H,59,66)(H,61,65)/t34-,42-,44-,47?/m0/s1. The van der Waals surface area contributed by atoms with E-state index < -0.39 is 52.2 Å². The van der Waals surface area contributed by atoms with Crippen molar-refractivity contribution in [2.45, 2.75) is 104 Å². The van der Waals surface area contributed by atoms with Crippen LogP contribution in [0.4, 0.5) is 24.5 Å². The van der Waals surface area contributed by atoms with E-state index in [1.807, 2.05) is 93.9 Å². The molecule has 4 amide bonds. The van der Waals surface area contributed by atoms with Gasteiger partial charge in [0.05, 0.1) is 51.7 Å². The van der Waals surface area contributed by atoms with E-state index in [-0.39, 0.29) is 41.2 Å². The summed E-state index contributed by atoms with van der Waals surface area (Å²) in [4.78, 5) is 64.0. The summed E-state index contributed by atoms with van der Waals surface area (Å²) in [6.45, 7) is 11.8. The lowest BCUT2D eigenvalue weighted by atomic mass is 9.83. The average molecular weight is 1020 g/mol. The van der Waals surface area contributed by atoms with Crippen molar-refractivity contribution in [3.8, 4) is 33.4 Å². The molecule has 2 N–H and O–H groups in total. The highest BCUT2D eigenvalue weighted by Gasteiger charge is 2.51. The number of thiazole rings is 1. The number of amides is 4. The Balaban J connectivity index is 0.777. The lowest BCUT2D eigenvalue weighted by Gasteiger charge is -2.36. The molecule has 4 aromatic carbocycles. The second kappa shape index (κ2) is 20.8. The highest BCUT2D eigenvalue weighted by atomic mass is 32.1. The Morgan fingerprint density at radius 1 is 0.944 bits per heavy atom. The van der Waals surface area contributed by atoms with E-state index in [0.717, 1.165) is 62.7 Å². The second-order valence-corrected chi connectivity index (χ2v) is 21.3. The topological polar surface area (TPSA) is 157 Å². The highest BCUT2D eigenvalue weighted by molar-refractivity contribution is 7.81. The number of aromatic nitrogens is 1. The zero-order chi connectivity index (χ0) is 51.7. The van der Waals surface area contributed by atoms with Gasteiger partial charge < -0.3 is 29.9 Å². The molecule has 1 aromatic heterocycles. The van der Waals surface area contributed by atoms with Crippen molar-refractivity contribution in [3.05, 3.63) is 119 Å². The molecule has 18 heteroatoms. The zero-order valence-corrected chi connectivity index (χ0v) is 42.5. The first-order valence-electron chi connectivity index (χ1n) is 23.8. The minimum absolute atomic E-state index is 0.0126. The van der Waals surface area contributed by atoms with Crippen LogP contribution in [-0.4, -0.2) is 82.1 Å². The summed E-state index contributed by atoms with van der Waals surface area (Å²) >= 11 is 7.27. The van der Waals surface area contributed by atoms with Gasteiger partial charge in [0.15, 0.2) is 5.11 Å². The van der Waals surface area contributed by atoms with Crippen LogP contribution in [0.3, 0.4) is 0 Å². The molecular weight excluding hydrogens is 964 g/mol. The van der Waals surface area contributed by atoms with E-state index in [1.54, 1.807) is 53.2 Å². The van der Waals surface area contributed by atoms with Gasteiger partial charge in [-0.05, 0) is 135 Å². The van der Waals surface area contributed by atoms with Crippen LogP contribution < -0.4 is 25.2 Å². The number of benzene rings is 4. The molecule has 2 saturated heterocycles. The van der Waals surface area contributed by atoms with Gasteiger partial charge in [-0.3, -0.25) is 24.1 Å². The number of nitriles is 1. The molecule has 72 heavy (non-hydrogen) atoms. The normalized spacial score (nSPS) is 19.2. The summed E-state index contributed by atoms with van der Waals surface area (Å²) in [5.41, 5.74) is 3.55. The van der Waals surface area contributed by atoms with Gasteiger partial charge >= 0.3 is 6.18 Å². The number of nitrogens with zero attached hydrogens (tertiary/aromatic N) is 5. The molecule has 3 fully saturated rings. The summed E-state index contributed by atoms with van der Waals surface area (Å²) in [5, 5.41) is 15.2. The van der Waals surface area contributed by atoms with Crippen molar-refractivity contribution < 1.29 is 41.8 Å². The fourth-order valence-electron chi connectivity index (χ4n) is 9.39. The van der Waals surface area contributed by atoms with E-state index in [4.69, 9.17) is 21.7 Å². The molecule has 1 aliphatic carbocycles. The molecule has 0 radical (unpaired) electrons. The van der Waals surface area contributed by atoms with E-state index in [1.165, 1.54) is 6.07 Å². The van der Waals surface area contributed by atoms with Gasteiger partial charge in [0.1, 0.15) is 30.0 Å². The summed E-state index contributed by atoms with van der Waals surface area (Å²) in [5.74, 6) is -0.533. The lowest BCUT2D eigenvalue weighted by Crippen LogP contribution is -2.58. The maximum atomic E-state index is 14.0. The van der Waals surface area contributed by atoms with Crippen LogP contribution in [0.25, 0.3) is 21.6 Å². The van der Waals surface area contributed by atoms with Crippen LogP contribution in [-0.2, 0) is 36.6 Å². The van der Waals surface area contributed by atoms with Crippen LogP contribution in [0.2, 0.25) is 0 Å². The van der Waals surface area contributed by atoms with E-state index in [9.17, 15) is 37.6 Å². The number of thiocarbonyl (C=S) groups is 1. The predicted molar refractivity (Wildman–Crippen MR) is 273 cm³/mol. The number of halogens is 3. The maximum absolute atomic E-state index is 14.0. The van der Waals surface area contributed by atoms with Gasteiger partial charge in [0.25, 0.3) is 5.91 Å². The first kappa shape index (κ1) is 51.7. The summed E-state index contributed by atoms with van der Waals surface area (Å²) in [6, 6.07) is 26.1. The molecule has 5 aromatic rings. The van der Waals surface area contributed by atoms with Crippen molar-refractivity contribution >= 4 is 63.7 Å².